The van der Waals surface area contributed by atoms with Crippen molar-refractivity contribution in [3.8, 4) is 0 Å². The summed E-state index contributed by atoms with van der Waals surface area (Å²) in [6.07, 6.45) is 4.56. The Hall–Kier alpha value is -3.32. The number of nitrogens with zero attached hydrogens (tertiary/aromatic N) is 3. The van der Waals surface area contributed by atoms with Gasteiger partial charge in [0.1, 0.15) is 0 Å². The first-order valence-electron chi connectivity index (χ1n) is 9.34. The number of rotatable bonds is 4. The number of nitrogens with one attached hydrogen (secondary N) is 3. The standard InChI is InChI=1S/C21H21ClN6O/c1-2-19(29)25-16-6-3-7-17(12-16)26-20-23-13-24-21(27-20)28-10-4-5-14-8-9-15(22)11-18(14)28/h2-3,6-9,11-13,21H,1,4-5,10H2,(H,25,29)(H2,23,24,26,27). The van der Waals surface area contributed by atoms with Crippen LogP contribution in [0.15, 0.2) is 65.1 Å². The largest absolute Gasteiger partial charge is 0.331 e. The fourth-order valence-electron chi connectivity index (χ4n) is 3.39. The summed E-state index contributed by atoms with van der Waals surface area (Å²) in [5.41, 5.74) is 3.78. The first-order valence-corrected chi connectivity index (χ1v) is 9.72. The number of halogens is 1. The molecular weight excluding hydrogens is 388 g/mol. The molecule has 2 aromatic rings. The summed E-state index contributed by atoms with van der Waals surface area (Å²) in [7, 11) is 0. The Labute approximate surface area is 174 Å². The fraction of sp³-hybridized carbons (Fsp3) is 0.190. The Bertz CT molecular complexity index is 1000. The molecule has 0 aromatic heterocycles. The third kappa shape index (κ3) is 4.41. The second-order valence-corrected chi connectivity index (χ2v) is 7.15. The Morgan fingerprint density at radius 1 is 1.28 bits per heavy atom. The van der Waals surface area contributed by atoms with E-state index in [1.54, 1.807) is 12.4 Å². The normalized spacial score (nSPS) is 17.6. The van der Waals surface area contributed by atoms with Crippen LogP contribution < -0.4 is 20.9 Å². The monoisotopic (exact) mass is 408 g/mol. The smallest absolute Gasteiger partial charge is 0.247 e. The zero-order valence-electron chi connectivity index (χ0n) is 15.7. The minimum Gasteiger partial charge on any atom is -0.331 e. The second-order valence-electron chi connectivity index (χ2n) is 6.72. The zero-order valence-corrected chi connectivity index (χ0v) is 16.5. The van der Waals surface area contributed by atoms with E-state index in [1.165, 1.54) is 11.6 Å². The van der Waals surface area contributed by atoms with Gasteiger partial charge in [-0.1, -0.05) is 30.3 Å². The number of anilines is 3. The third-order valence-corrected chi connectivity index (χ3v) is 4.95. The van der Waals surface area contributed by atoms with Crippen molar-refractivity contribution in [1.82, 2.24) is 5.32 Å². The number of fused-ring (bicyclic) bond motifs is 1. The number of hydrogen-bond acceptors (Lipinski definition) is 6. The van der Waals surface area contributed by atoms with Gasteiger partial charge in [0.25, 0.3) is 0 Å². The number of carbonyl (C=O) groups excluding carboxylic acids is 1. The van der Waals surface area contributed by atoms with Gasteiger partial charge in [-0.15, -0.1) is 0 Å². The Morgan fingerprint density at radius 2 is 2.14 bits per heavy atom. The molecule has 2 aliphatic heterocycles. The highest BCUT2D eigenvalue weighted by Crippen LogP contribution is 2.32. The molecule has 2 aromatic carbocycles. The molecule has 0 spiro atoms. The minimum absolute atomic E-state index is 0.259. The van der Waals surface area contributed by atoms with Crippen LogP contribution in [0.1, 0.15) is 12.0 Å². The van der Waals surface area contributed by atoms with Crippen LogP contribution in [0, 0.1) is 0 Å². The van der Waals surface area contributed by atoms with Gasteiger partial charge in [0.05, 0.1) is 6.34 Å². The lowest BCUT2D eigenvalue weighted by Gasteiger charge is -2.35. The maximum absolute atomic E-state index is 11.5. The summed E-state index contributed by atoms with van der Waals surface area (Å²) < 4.78 is 0. The number of benzene rings is 2. The molecule has 1 unspecified atom stereocenters. The average molecular weight is 409 g/mol. The summed E-state index contributed by atoms with van der Waals surface area (Å²) in [6, 6.07) is 13.3. The van der Waals surface area contributed by atoms with Crippen molar-refractivity contribution < 1.29 is 4.79 Å². The van der Waals surface area contributed by atoms with E-state index in [-0.39, 0.29) is 12.2 Å². The molecule has 0 saturated heterocycles. The van der Waals surface area contributed by atoms with Crippen LogP contribution >= 0.6 is 11.6 Å². The summed E-state index contributed by atoms with van der Waals surface area (Å²) in [4.78, 5) is 22.9. The maximum Gasteiger partial charge on any atom is 0.247 e. The number of guanidine groups is 1. The van der Waals surface area contributed by atoms with Gasteiger partial charge in [-0.05, 0) is 54.8 Å². The van der Waals surface area contributed by atoms with Gasteiger partial charge in [0.2, 0.25) is 18.2 Å². The van der Waals surface area contributed by atoms with Gasteiger partial charge in [-0.3, -0.25) is 4.79 Å². The molecule has 2 heterocycles. The summed E-state index contributed by atoms with van der Waals surface area (Å²) >= 11 is 6.22. The van der Waals surface area contributed by atoms with E-state index in [2.05, 4.69) is 38.5 Å². The maximum atomic E-state index is 11.5. The van der Waals surface area contributed by atoms with Gasteiger partial charge < -0.3 is 20.9 Å². The summed E-state index contributed by atoms with van der Waals surface area (Å²) in [6.45, 7) is 4.32. The number of amides is 1. The van der Waals surface area contributed by atoms with Gasteiger partial charge in [-0.2, -0.15) is 0 Å². The van der Waals surface area contributed by atoms with E-state index >= 15 is 0 Å². The fourth-order valence-corrected chi connectivity index (χ4v) is 3.56. The second kappa shape index (κ2) is 8.36. The summed E-state index contributed by atoms with van der Waals surface area (Å²) in [5.74, 6) is 0.316. The van der Waals surface area contributed by atoms with Crippen molar-refractivity contribution in [2.75, 3.05) is 22.1 Å². The van der Waals surface area contributed by atoms with Gasteiger partial charge in [-0.25, -0.2) is 9.98 Å². The van der Waals surface area contributed by atoms with Gasteiger partial charge in [0.15, 0.2) is 0 Å². The van der Waals surface area contributed by atoms with Gasteiger partial charge in [0, 0.05) is 28.6 Å². The molecule has 2 aliphatic rings. The van der Waals surface area contributed by atoms with Crippen LogP contribution in [-0.2, 0) is 11.2 Å². The molecule has 148 valence electrons. The third-order valence-electron chi connectivity index (χ3n) is 4.71. The van der Waals surface area contributed by atoms with E-state index in [0.717, 1.165) is 30.8 Å². The topological polar surface area (TPSA) is 81.1 Å². The van der Waals surface area contributed by atoms with Crippen molar-refractivity contribution in [3.63, 3.8) is 0 Å². The first-order chi connectivity index (χ1) is 14.1. The molecule has 7 nitrogen and oxygen atoms in total. The SMILES string of the molecule is C=CC(=O)Nc1cccc(NC2=NC(N3CCCc4ccc(Cl)cc43)N=CN2)c1. The van der Waals surface area contributed by atoms with Crippen molar-refractivity contribution in [2.45, 2.75) is 19.1 Å². The Morgan fingerprint density at radius 3 is 3.00 bits per heavy atom. The highest BCUT2D eigenvalue weighted by molar-refractivity contribution is 6.30. The lowest BCUT2D eigenvalue weighted by Crippen LogP contribution is -2.43. The lowest BCUT2D eigenvalue weighted by molar-refractivity contribution is -0.111. The van der Waals surface area contributed by atoms with Crippen molar-refractivity contribution in [3.05, 3.63) is 65.7 Å². The van der Waals surface area contributed by atoms with Crippen LogP contribution in [0.3, 0.4) is 0 Å². The van der Waals surface area contributed by atoms with Crippen LogP contribution in [-0.4, -0.2) is 31.0 Å². The van der Waals surface area contributed by atoms with Crippen molar-refractivity contribution in [2.24, 2.45) is 9.98 Å². The van der Waals surface area contributed by atoms with Crippen LogP contribution in [0.4, 0.5) is 17.1 Å². The highest BCUT2D eigenvalue weighted by Gasteiger charge is 2.25. The van der Waals surface area contributed by atoms with Crippen LogP contribution in [0.2, 0.25) is 5.02 Å². The van der Waals surface area contributed by atoms with Crippen LogP contribution in [0.25, 0.3) is 0 Å². The molecular formula is C21H21ClN6O. The lowest BCUT2D eigenvalue weighted by atomic mass is 10.0. The molecule has 0 fully saturated rings. The molecule has 4 rings (SSSR count). The van der Waals surface area contributed by atoms with E-state index < -0.39 is 0 Å². The molecule has 1 atom stereocenters. The Kier molecular flexibility index (Phi) is 5.48. The van der Waals surface area contributed by atoms with E-state index in [9.17, 15) is 4.79 Å². The zero-order chi connectivity index (χ0) is 20.2. The first kappa shape index (κ1) is 19.0. The summed E-state index contributed by atoms with van der Waals surface area (Å²) in [5, 5.41) is 9.71. The molecule has 8 heteroatoms. The highest BCUT2D eigenvalue weighted by atomic mass is 35.5. The van der Waals surface area contributed by atoms with Gasteiger partial charge >= 0.3 is 0 Å². The number of carbonyl (C=O) groups is 1. The number of hydrogen-bond donors (Lipinski definition) is 3. The number of aliphatic imine (C=N–C) groups is 2. The molecule has 0 saturated carbocycles. The van der Waals surface area contributed by atoms with E-state index in [1.807, 2.05) is 30.3 Å². The quantitative estimate of drug-likeness (QED) is 0.675. The van der Waals surface area contributed by atoms with E-state index in [4.69, 9.17) is 16.6 Å². The van der Waals surface area contributed by atoms with E-state index in [0.29, 0.717) is 16.7 Å². The molecule has 0 radical (unpaired) electrons. The average Bonchev–Trinajstić information content (AvgIpc) is 2.73. The molecule has 1 amide bonds. The predicted molar refractivity (Wildman–Crippen MR) is 119 cm³/mol. The molecule has 29 heavy (non-hydrogen) atoms. The number of aryl methyl sites for hydroxylation is 1. The molecule has 0 aliphatic carbocycles. The van der Waals surface area contributed by atoms with Crippen LogP contribution in [0.5, 0.6) is 0 Å². The predicted octanol–water partition coefficient (Wildman–Crippen LogP) is 3.60. The van der Waals surface area contributed by atoms with Crippen molar-refractivity contribution >= 4 is 46.9 Å². The Balaban J connectivity index is 1.53. The molecule has 0 bridgehead atoms. The van der Waals surface area contributed by atoms with Crippen molar-refractivity contribution in [1.29, 1.82) is 0 Å². The molecule has 3 N–H and O–H groups in total. The minimum atomic E-state index is -0.375.